The fourth-order valence-corrected chi connectivity index (χ4v) is 3.99. The third kappa shape index (κ3) is 2.73. The lowest BCUT2D eigenvalue weighted by Crippen LogP contribution is -2.41. The number of fused-ring (bicyclic) bond motifs is 1. The maximum absolute atomic E-state index is 6.13. The normalized spacial score (nSPS) is 31.3. The minimum atomic E-state index is 0.406. The SMILES string of the molecule is CC1CCNCC1OCC1Cc2ccccc2S1. The summed E-state index contributed by atoms with van der Waals surface area (Å²) in [5, 5.41) is 4.03. The van der Waals surface area contributed by atoms with Gasteiger partial charge >= 0.3 is 0 Å². The van der Waals surface area contributed by atoms with E-state index < -0.39 is 0 Å². The van der Waals surface area contributed by atoms with Crippen LogP contribution in [-0.2, 0) is 11.2 Å². The smallest absolute Gasteiger partial charge is 0.0725 e. The summed E-state index contributed by atoms with van der Waals surface area (Å²) in [6.45, 7) is 5.36. The third-order valence-electron chi connectivity index (χ3n) is 3.97. The summed E-state index contributed by atoms with van der Waals surface area (Å²) in [7, 11) is 0. The van der Waals surface area contributed by atoms with Crippen LogP contribution in [0.5, 0.6) is 0 Å². The van der Waals surface area contributed by atoms with Crippen LogP contribution in [0, 0.1) is 5.92 Å². The van der Waals surface area contributed by atoms with Gasteiger partial charge in [-0.3, -0.25) is 0 Å². The van der Waals surface area contributed by atoms with E-state index in [0.717, 1.165) is 26.1 Å². The van der Waals surface area contributed by atoms with Crippen LogP contribution >= 0.6 is 11.8 Å². The van der Waals surface area contributed by atoms with Crippen LogP contribution in [0.15, 0.2) is 29.2 Å². The van der Waals surface area contributed by atoms with Gasteiger partial charge in [0, 0.05) is 16.7 Å². The first-order valence-corrected chi connectivity index (χ1v) is 7.78. The van der Waals surface area contributed by atoms with Gasteiger partial charge in [-0.05, 0) is 36.9 Å². The van der Waals surface area contributed by atoms with Gasteiger partial charge in [0.2, 0.25) is 0 Å². The van der Waals surface area contributed by atoms with Gasteiger partial charge in [-0.15, -0.1) is 11.8 Å². The number of nitrogens with one attached hydrogen (secondary N) is 1. The maximum Gasteiger partial charge on any atom is 0.0725 e. The van der Waals surface area contributed by atoms with Crippen molar-refractivity contribution in [2.45, 2.75) is 36.0 Å². The Kier molecular flexibility index (Phi) is 3.92. The molecule has 3 unspecified atom stereocenters. The molecule has 0 radical (unpaired) electrons. The van der Waals surface area contributed by atoms with Gasteiger partial charge in [-0.2, -0.15) is 0 Å². The van der Waals surface area contributed by atoms with Crippen molar-refractivity contribution in [1.29, 1.82) is 0 Å². The van der Waals surface area contributed by atoms with Gasteiger partial charge in [0.25, 0.3) is 0 Å². The summed E-state index contributed by atoms with van der Waals surface area (Å²) >= 11 is 1.98. The Balaban J connectivity index is 1.51. The first-order chi connectivity index (χ1) is 8.83. The topological polar surface area (TPSA) is 21.3 Å². The molecule has 18 heavy (non-hydrogen) atoms. The zero-order chi connectivity index (χ0) is 12.4. The van der Waals surface area contributed by atoms with Crippen molar-refractivity contribution in [1.82, 2.24) is 5.32 Å². The van der Waals surface area contributed by atoms with E-state index in [1.165, 1.54) is 16.9 Å². The average Bonchev–Trinajstić information content (AvgIpc) is 2.80. The molecule has 0 spiro atoms. The van der Waals surface area contributed by atoms with E-state index in [2.05, 4.69) is 36.5 Å². The Bertz CT molecular complexity index is 384. The predicted octanol–water partition coefficient (Wildman–Crippen LogP) is 2.72. The minimum Gasteiger partial charge on any atom is -0.375 e. The van der Waals surface area contributed by atoms with Gasteiger partial charge in [-0.25, -0.2) is 0 Å². The van der Waals surface area contributed by atoms with Gasteiger partial charge in [-0.1, -0.05) is 25.1 Å². The fraction of sp³-hybridized carbons (Fsp3) is 0.600. The van der Waals surface area contributed by atoms with E-state index in [-0.39, 0.29) is 0 Å². The van der Waals surface area contributed by atoms with Crippen molar-refractivity contribution in [3.05, 3.63) is 29.8 Å². The molecule has 1 N–H and O–H groups in total. The lowest BCUT2D eigenvalue weighted by atomic mass is 9.97. The number of piperidine rings is 1. The average molecular weight is 263 g/mol. The Morgan fingerprint density at radius 3 is 3.11 bits per heavy atom. The molecule has 0 bridgehead atoms. The Morgan fingerprint density at radius 2 is 2.28 bits per heavy atom. The molecule has 0 aromatic heterocycles. The van der Waals surface area contributed by atoms with Gasteiger partial charge in [0.15, 0.2) is 0 Å². The van der Waals surface area contributed by atoms with Crippen LogP contribution in [0.2, 0.25) is 0 Å². The molecule has 1 aromatic rings. The van der Waals surface area contributed by atoms with Crippen LogP contribution in [0.25, 0.3) is 0 Å². The number of hydrogen-bond acceptors (Lipinski definition) is 3. The summed E-state index contributed by atoms with van der Waals surface area (Å²) in [6.07, 6.45) is 2.81. The van der Waals surface area contributed by atoms with Crippen molar-refractivity contribution in [2.75, 3.05) is 19.7 Å². The highest BCUT2D eigenvalue weighted by atomic mass is 32.2. The molecule has 2 aliphatic heterocycles. The summed E-state index contributed by atoms with van der Waals surface area (Å²) in [5.41, 5.74) is 1.49. The summed E-state index contributed by atoms with van der Waals surface area (Å²) < 4.78 is 6.13. The van der Waals surface area contributed by atoms with Crippen molar-refractivity contribution < 1.29 is 4.74 Å². The Labute approximate surface area is 113 Å². The van der Waals surface area contributed by atoms with Crippen molar-refractivity contribution >= 4 is 11.8 Å². The maximum atomic E-state index is 6.13. The highest BCUT2D eigenvalue weighted by molar-refractivity contribution is 8.00. The fourth-order valence-electron chi connectivity index (χ4n) is 2.76. The molecule has 1 aromatic carbocycles. The van der Waals surface area contributed by atoms with Gasteiger partial charge < -0.3 is 10.1 Å². The molecule has 1 fully saturated rings. The zero-order valence-electron chi connectivity index (χ0n) is 10.9. The summed E-state index contributed by atoms with van der Waals surface area (Å²) in [5.74, 6) is 0.694. The first kappa shape index (κ1) is 12.5. The molecule has 3 heteroatoms. The van der Waals surface area contributed by atoms with Crippen LogP contribution < -0.4 is 5.32 Å². The van der Waals surface area contributed by atoms with E-state index in [1.807, 2.05) is 11.8 Å². The lowest BCUT2D eigenvalue weighted by molar-refractivity contribution is 0.00530. The number of ether oxygens (including phenoxy) is 1. The second kappa shape index (κ2) is 5.64. The lowest BCUT2D eigenvalue weighted by Gasteiger charge is -2.30. The van der Waals surface area contributed by atoms with E-state index >= 15 is 0 Å². The van der Waals surface area contributed by atoms with Crippen molar-refractivity contribution in [3.63, 3.8) is 0 Å². The van der Waals surface area contributed by atoms with E-state index in [4.69, 9.17) is 4.74 Å². The second-order valence-corrected chi connectivity index (χ2v) is 6.74. The molecule has 0 saturated carbocycles. The van der Waals surface area contributed by atoms with Crippen molar-refractivity contribution in [2.24, 2.45) is 5.92 Å². The third-order valence-corrected chi connectivity index (χ3v) is 5.25. The molecule has 1 saturated heterocycles. The Morgan fingerprint density at radius 1 is 1.39 bits per heavy atom. The molecule has 0 amide bonds. The summed E-state index contributed by atoms with van der Waals surface area (Å²) in [6, 6.07) is 8.73. The number of thioether (sulfide) groups is 1. The largest absolute Gasteiger partial charge is 0.375 e. The molecule has 3 atom stereocenters. The zero-order valence-corrected chi connectivity index (χ0v) is 11.7. The second-order valence-electron chi connectivity index (χ2n) is 5.39. The minimum absolute atomic E-state index is 0.406. The Hall–Kier alpha value is -0.510. The highest BCUT2D eigenvalue weighted by Gasteiger charge is 2.26. The first-order valence-electron chi connectivity index (χ1n) is 6.90. The van der Waals surface area contributed by atoms with E-state index in [1.54, 1.807) is 0 Å². The standard InChI is InChI=1S/C15H21NOS/c1-11-6-7-16-9-14(11)17-10-13-8-12-4-2-3-5-15(12)18-13/h2-5,11,13-14,16H,6-10H2,1H3. The highest BCUT2D eigenvalue weighted by Crippen LogP contribution is 2.37. The molecular formula is C15H21NOS. The van der Waals surface area contributed by atoms with Crippen LogP contribution in [0.1, 0.15) is 18.9 Å². The molecule has 2 aliphatic rings. The number of rotatable bonds is 3. The monoisotopic (exact) mass is 263 g/mol. The van der Waals surface area contributed by atoms with Gasteiger partial charge in [0.1, 0.15) is 0 Å². The molecule has 2 heterocycles. The number of benzene rings is 1. The quantitative estimate of drug-likeness (QED) is 0.906. The molecule has 3 rings (SSSR count). The summed E-state index contributed by atoms with van der Waals surface area (Å²) in [4.78, 5) is 1.45. The van der Waals surface area contributed by atoms with E-state index in [0.29, 0.717) is 17.3 Å². The number of hydrogen-bond donors (Lipinski definition) is 1. The van der Waals surface area contributed by atoms with Crippen LogP contribution in [0.4, 0.5) is 0 Å². The molecule has 98 valence electrons. The van der Waals surface area contributed by atoms with E-state index in [9.17, 15) is 0 Å². The molecule has 2 nitrogen and oxygen atoms in total. The predicted molar refractivity (Wildman–Crippen MR) is 76.2 cm³/mol. The van der Waals surface area contributed by atoms with Gasteiger partial charge in [0.05, 0.1) is 12.7 Å². The van der Waals surface area contributed by atoms with Crippen LogP contribution in [0.3, 0.4) is 0 Å². The molecular weight excluding hydrogens is 242 g/mol. The van der Waals surface area contributed by atoms with Crippen LogP contribution in [-0.4, -0.2) is 31.1 Å². The molecule has 0 aliphatic carbocycles. The van der Waals surface area contributed by atoms with Crippen molar-refractivity contribution in [3.8, 4) is 0 Å².